The van der Waals surface area contributed by atoms with Crippen LogP contribution in [0.2, 0.25) is 0 Å². The Morgan fingerprint density at radius 1 is 1.52 bits per heavy atom. The number of nitrogens with zero attached hydrogens (tertiary/aromatic N) is 2. The molecular weight excluding hydrogens is 308 g/mol. The molecule has 120 valence electrons. The van der Waals surface area contributed by atoms with E-state index in [0.717, 1.165) is 44.0 Å². The number of carbonyl (C=O) groups is 1. The molecule has 2 N–H and O–H groups in total. The zero-order valence-corrected chi connectivity index (χ0v) is 14.4. The standard InChI is InChI=1S/C14H24N4OS.ClH/c1-3-8-18(2)10-13(19)17-14-16-9-12(20-14)11-4-6-15-7-5-11;/h9,11,15H,3-8,10H2,1-2H3,(H,16,17,19);1H. The van der Waals surface area contributed by atoms with Gasteiger partial charge in [-0.05, 0) is 51.9 Å². The van der Waals surface area contributed by atoms with Crippen molar-refractivity contribution in [3.8, 4) is 0 Å². The van der Waals surface area contributed by atoms with E-state index >= 15 is 0 Å². The Morgan fingerprint density at radius 3 is 2.90 bits per heavy atom. The van der Waals surface area contributed by atoms with Gasteiger partial charge in [-0.15, -0.1) is 23.7 Å². The average molecular weight is 333 g/mol. The number of likely N-dealkylation sites (N-methyl/N-ethyl adjacent to an activating group) is 1. The van der Waals surface area contributed by atoms with Gasteiger partial charge in [-0.25, -0.2) is 4.98 Å². The van der Waals surface area contributed by atoms with Gasteiger partial charge in [0.25, 0.3) is 0 Å². The highest BCUT2D eigenvalue weighted by atomic mass is 35.5. The quantitative estimate of drug-likeness (QED) is 0.839. The smallest absolute Gasteiger partial charge is 0.240 e. The highest BCUT2D eigenvalue weighted by Gasteiger charge is 2.18. The molecule has 0 radical (unpaired) electrons. The number of thiazole rings is 1. The molecule has 21 heavy (non-hydrogen) atoms. The summed E-state index contributed by atoms with van der Waals surface area (Å²) in [6.07, 6.45) is 5.30. The largest absolute Gasteiger partial charge is 0.317 e. The molecule has 1 aliphatic heterocycles. The third-order valence-electron chi connectivity index (χ3n) is 3.53. The second-order valence-corrected chi connectivity index (χ2v) is 6.44. The van der Waals surface area contributed by atoms with Crippen molar-refractivity contribution in [3.63, 3.8) is 0 Å². The van der Waals surface area contributed by atoms with E-state index in [1.807, 2.05) is 18.1 Å². The Balaban J connectivity index is 0.00000220. The van der Waals surface area contributed by atoms with Gasteiger partial charge in [0.1, 0.15) is 0 Å². The summed E-state index contributed by atoms with van der Waals surface area (Å²) < 4.78 is 0. The van der Waals surface area contributed by atoms with Gasteiger partial charge in [-0.1, -0.05) is 6.92 Å². The maximum atomic E-state index is 11.9. The first-order valence-electron chi connectivity index (χ1n) is 7.34. The number of nitrogens with one attached hydrogen (secondary N) is 2. The number of hydrogen-bond acceptors (Lipinski definition) is 5. The van der Waals surface area contributed by atoms with Gasteiger partial charge in [-0.3, -0.25) is 9.69 Å². The van der Waals surface area contributed by atoms with E-state index in [9.17, 15) is 4.79 Å². The average Bonchev–Trinajstić information content (AvgIpc) is 2.88. The number of anilines is 1. The van der Waals surface area contributed by atoms with Crippen molar-refractivity contribution < 1.29 is 4.79 Å². The SMILES string of the molecule is CCCN(C)CC(=O)Nc1ncc(C2CCNCC2)s1.Cl. The van der Waals surface area contributed by atoms with Crippen LogP contribution in [0.25, 0.3) is 0 Å². The zero-order chi connectivity index (χ0) is 14.4. The fraction of sp³-hybridized carbons (Fsp3) is 0.714. The first-order chi connectivity index (χ1) is 9.69. The van der Waals surface area contributed by atoms with Crippen LogP contribution in [0, 0.1) is 0 Å². The molecule has 2 rings (SSSR count). The van der Waals surface area contributed by atoms with E-state index in [0.29, 0.717) is 12.5 Å². The molecule has 1 aromatic rings. The lowest BCUT2D eigenvalue weighted by Crippen LogP contribution is -2.30. The highest BCUT2D eigenvalue weighted by molar-refractivity contribution is 7.15. The molecule has 1 amide bonds. The number of halogens is 1. The van der Waals surface area contributed by atoms with Crippen LogP contribution < -0.4 is 10.6 Å². The van der Waals surface area contributed by atoms with Crippen LogP contribution in [0.4, 0.5) is 5.13 Å². The van der Waals surface area contributed by atoms with Crippen LogP contribution in [0.15, 0.2) is 6.20 Å². The molecule has 1 saturated heterocycles. The molecule has 2 heterocycles. The van der Waals surface area contributed by atoms with Crippen molar-refractivity contribution in [2.75, 3.05) is 38.5 Å². The van der Waals surface area contributed by atoms with Crippen LogP contribution in [0.5, 0.6) is 0 Å². The Labute approximate surface area is 136 Å². The van der Waals surface area contributed by atoms with Gasteiger partial charge in [0.15, 0.2) is 5.13 Å². The molecule has 0 aliphatic carbocycles. The molecule has 5 nitrogen and oxygen atoms in total. The third kappa shape index (κ3) is 5.90. The highest BCUT2D eigenvalue weighted by Crippen LogP contribution is 2.31. The Bertz CT molecular complexity index is 434. The van der Waals surface area contributed by atoms with E-state index in [-0.39, 0.29) is 18.3 Å². The fourth-order valence-corrected chi connectivity index (χ4v) is 3.51. The zero-order valence-electron chi connectivity index (χ0n) is 12.7. The number of carbonyl (C=O) groups excluding carboxylic acids is 1. The number of amides is 1. The summed E-state index contributed by atoms with van der Waals surface area (Å²) in [7, 11) is 1.96. The molecule has 0 saturated carbocycles. The monoisotopic (exact) mass is 332 g/mol. The maximum Gasteiger partial charge on any atom is 0.240 e. The van der Waals surface area contributed by atoms with Gasteiger partial charge in [0, 0.05) is 11.1 Å². The molecule has 0 unspecified atom stereocenters. The van der Waals surface area contributed by atoms with E-state index in [2.05, 4.69) is 22.5 Å². The lowest BCUT2D eigenvalue weighted by molar-refractivity contribution is -0.117. The Hall–Kier alpha value is -0.690. The molecule has 7 heteroatoms. The number of rotatable bonds is 6. The number of piperidine rings is 1. The summed E-state index contributed by atoms with van der Waals surface area (Å²) in [6.45, 7) is 5.63. The summed E-state index contributed by atoms with van der Waals surface area (Å²) in [4.78, 5) is 19.5. The summed E-state index contributed by atoms with van der Waals surface area (Å²) >= 11 is 1.62. The second kappa shape index (κ2) is 9.35. The van der Waals surface area contributed by atoms with Crippen molar-refractivity contribution in [1.29, 1.82) is 0 Å². The minimum absolute atomic E-state index is 0. The van der Waals surface area contributed by atoms with Crippen molar-refractivity contribution in [2.45, 2.75) is 32.1 Å². The number of aromatic nitrogens is 1. The van der Waals surface area contributed by atoms with E-state index in [4.69, 9.17) is 0 Å². The molecule has 0 atom stereocenters. The predicted molar refractivity (Wildman–Crippen MR) is 90.6 cm³/mol. The van der Waals surface area contributed by atoms with Gasteiger partial charge in [0.05, 0.1) is 6.54 Å². The van der Waals surface area contributed by atoms with Crippen LogP contribution in [-0.4, -0.2) is 49.0 Å². The molecule has 0 bridgehead atoms. The molecular formula is C14H25ClN4OS. The van der Waals surface area contributed by atoms with Crippen LogP contribution >= 0.6 is 23.7 Å². The molecule has 0 aromatic carbocycles. The Kier molecular flexibility index (Phi) is 8.18. The second-order valence-electron chi connectivity index (χ2n) is 5.38. The third-order valence-corrected chi connectivity index (χ3v) is 4.61. The van der Waals surface area contributed by atoms with Crippen LogP contribution in [-0.2, 0) is 4.79 Å². The lowest BCUT2D eigenvalue weighted by Gasteiger charge is -2.20. The minimum atomic E-state index is 0. The minimum Gasteiger partial charge on any atom is -0.317 e. The summed E-state index contributed by atoms with van der Waals surface area (Å²) in [5.74, 6) is 0.620. The van der Waals surface area contributed by atoms with Gasteiger partial charge < -0.3 is 10.6 Å². The number of hydrogen-bond donors (Lipinski definition) is 2. The molecule has 1 aromatic heterocycles. The van der Waals surface area contributed by atoms with Crippen LogP contribution in [0.3, 0.4) is 0 Å². The van der Waals surface area contributed by atoms with E-state index in [1.54, 1.807) is 11.3 Å². The van der Waals surface area contributed by atoms with Crippen LogP contribution in [0.1, 0.15) is 37.0 Å². The maximum absolute atomic E-state index is 11.9. The molecule has 1 aliphatic rings. The van der Waals surface area contributed by atoms with Crippen molar-refractivity contribution in [2.24, 2.45) is 0 Å². The van der Waals surface area contributed by atoms with E-state index < -0.39 is 0 Å². The first kappa shape index (κ1) is 18.4. The Morgan fingerprint density at radius 2 is 2.24 bits per heavy atom. The van der Waals surface area contributed by atoms with E-state index in [1.165, 1.54) is 4.88 Å². The summed E-state index contributed by atoms with van der Waals surface area (Å²) in [5, 5.41) is 7.00. The lowest BCUT2D eigenvalue weighted by atomic mass is 9.97. The summed E-state index contributed by atoms with van der Waals surface area (Å²) in [6, 6.07) is 0. The summed E-state index contributed by atoms with van der Waals surface area (Å²) in [5.41, 5.74) is 0. The van der Waals surface area contributed by atoms with Crippen molar-refractivity contribution >= 4 is 34.8 Å². The van der Waals surface area contributed by atoms with Crippen molar-refractivity contribution in [3.05, 3.63) is 11.1 Å². The van der Waals surface area contributed by atoms with Gasteiger partial charge in [0.2, 0.25) is 5.91 Å². The van der Waals surface area contributed by atoms with Gasteiger partial charge in [-0.2, -0.15) is 0 Å². The normalized spacial score (nSPS) is 15.8. The van der Waals surface area contributed by atoms with Gasteiger partial charge >= 0.3 is 0 Å². The topological polar surface area (TPSA) is 57.3 Å². The first-order valence-corrected chi connectivity index (χ1v) is 8.15. The predicted octanol–water partition coefficient (Wildman–Crippen LogP) is 2.31. The molecule has 1 fully saturated rings. The molecule has 0 spiro atoms. The van der Waals surface area contributed by atoms with Crippen molar-refractivity contribution in [1.82, 2.24) is 15.2 Å². The fourth-order valence-electron chi connectivity index (χ4n) is 2.50.